The molecule has 1 aromatic heterocycles. The highest BCUT2D eigenvalue weighted by Crippen LogP contribution is 2.31. The maximum atomic E-state index is 11.8. The third kappa shape index (κ3) is 4.48. The SMILES string of the molecule is CCOC(=O)N1CC[NH+](Cc2nc(-c3ccc(OC)c(OC)c3)no2)CC1. The number of nitrogens with one attached hydrogen (secondary N) is 1. The second kappa shape index (κ2) is 8.72. The number of amides is 1. The number of carbonyl (C=O) groups excluding carboxylic acids is 1. The Kier molecular flexibility index (Phi) is 6.12. The summed E-state index contributed by atoms with van der Waals surface area (Å²) in [6.07, 6.45) is -0.245. The summed E-state index contributed by atoms with van der Waals surface area (Å²) in [5.74, 6) is 2.34. The molecule has 3 rings (SSSR count). The fourth-order valence-electron chi connectivity index (χ4n) is 3.03. The van der Waals surface area contributed by atoms with Crippen LogP contribution < -0.4 is 14.4 Å². The van der Waals surface area contributed by atoms with Gasteiger partial charge in [0.05, 0.1) is 47.0 Å². The first-order valence-corrected chi connectivity index (χ1v) is 8.94. The summed E-state index contributed by atoms with van der Waals surface area (Å²) in [5.41, 5.74) is 0.796. The molecular weight excluding hydrogens is 352 g/mol. The maximum Gasteiger partial charge on any atom is 0.410 e. The highest BCUT2D eigenvalue weighted by Gasteiger charge is 2.26. The van der Waals surface area contributed by atoms with Gasteiger partial charge in [-0.05, 0) is 25.1 Å². The molecule has 0 unspecified atom stereocenters. The topological polar surface area (TPSA) is 91.4 Å². The maximum absolute atomic E-state index is 11.8. The van der Waals surface area contributed by atoms with Crippen LogP contribution in [-0.4, -0.2) is 68.1 Å². The van der Waals surface area contributed by atoms with E-state index in [1.807, 2.05) is 25.1 Å². The zero-order valence-corrected chi connectivity index (χ0v) is 15.9. The highest BCUT2D eigenvalue weighted by molar-refractivity contribution is 5.67. The summed E-state index contributed by atoms with van der Waals surface area (Å²) in [7, 11) is 3.18. The largest absolute Gasteiger partial charge is 0.493 e. The van der Waals surface area contributed by atoms with Gasteiger partial charge in [0.1, 0.15) is 0 Å². The Bertz CT molecular complexity index is 771. The van der Waals surface area contributed by atoms with Crippen LogP contribution in [0, 0.1) is 0 Å². The molecule has 9 nitrogen and oxygen atoms in total. The van der Waals surface area contributed by atoms with E-state index >= 15 is 0 Å². The molecule has 0 spiro atoms. The molecule has 0 bridgehead atoms. The Morgan fingerprint density at radius 3 is 2.63 bits per heavy atom. The number of aromatic nitrogens is 2. The molecule has 2 aromatic rings. The average Bonchev–Trinajstić information content (AvgIpc) is 3.16. The minimum absolute atomic E-state index is 0.245. The Balaban J connectivity index is 1.60. The van der Waals surface area contributed by atoms with E-state index < -0.39 is 0 Å². The summed E-state index contributed by atoms with van der Waals surface area (Å²) >= 11 is 0. The highest BCUT2D eigenvalue weighted by atomic mass is 16.6. The summed E-state index contributed by atoms with van der Waals surface area (Å²) in [6, 6.07) is 5.49. The smallest absolute Gasteiger partial charge is 0.410 e. The molecule has 0 atom stereocenters. The predicted molar refractivity (Wildman–Crippen MR) is 95.8 cm³/mol. The summed E-state index contributed by atoms with van der Waals surface area (Å²) in [4.78, 5) is 19.3. The van der Waals surface area contributed by atoms with E-state index in [-0.39, 0.29) is 6.09 Å². The number of hydrogen-bond acceptors (Lipinski definition) is 7. The van der Waals surface area contributed by atoms with Crippen molar-refractivity contribution < 1.29 is 28.4 Å². The van der Waals surface area contributed by atoms with E-state index in [2.05, 4.69) is 10.1 Å². The Labute approximate surface area is 157 Å². The van der Waals surface area contributed by atoms with Crippen LogP contribution in [0.25, 0.3) is 11.4 Å². The molecule has 0 radical (unpaired) electrons. The van der Waals surface area contributed by atoms with E-state index in [0.717, 1.165) is 18.7 Å². The standard InChI is InChI=1S/C18H24N4O5/c1-4-26-18(23)22-9-7-21(8-10-22)12-16-19-17(20-27-16)13-5-6-14(24-2)15(11-13)25-3/h5-6,11H,4,7-10,12H2,1-3H3/p+1. The normalized spacial score (nSPS) is 14.9. The molecule has 1 amide bonds. The van der Waals surface area contributed by atoms with Crippen LogP contribution in [0.3, 0.4) is 0 Å². The second-order valence-corrected chi connectivity index (χ2v) is 6.19. The van der Waals surface area contributed by atoms with Crippen LogP contribution in [0.4, 0.5) is 4.79 Å². The lowest BCUT2D eigenvalue weighted by Crippen LogP contribution is -3.13. The first-order valence-electron chi connectivity index (χ1n) is 8.94. The van der Waals surface area contributed by atoms with E-state index in [9.17, 15) is 4.79 Å². The monoisotopic (exact) mass is 377 g/mol. The van der Waals surface area contributed by atoms with Crippen molar-refractivity contribution in [3.63, 3.8) is 0 Å². The van der Waals surface area contributed by atoms with Gasteiger partial charge < -0.3 is 23.6 Å². The van der Waals surface area contributed by atoms with Gasteiger partial charge in [0, 0.05) is 5.56 Å². The van der Waals surface area contributed by atoms with Gasteiger partial charge in [-0.15, -0.1) is 0 Å². The van der Waals surface area contributed by atoms with Gasteiger partial charge in [0.25, 0.3) is 5.89 Å². The fourth-order valence-corrected chi connectivity index (χ4v) is 3.03. The van der Waals surface area contributed by atoms with Crippen molar-refractivity contribution in [3.8, 4) is 22.9 Å². The predicted octanol–water partition coefficient (Wildman–Crippen LogP) is 0.611. The number of ether oxygens (including phenoxy) is 3. The van der Waals surface area contributed by atoms with E-state index in [1.54, 1.807) is 19.1 Å². The first kappa shape index (κ1) is 19.0. The Morgan fingerprint density at radius 1 is 1.22 bits per heavy atom. The second-order valence-electron chi connectivity index (χ2n) is 6.19. The van der Waals surface area contributed by atoms with Crippen LogP contribution >= 0.6 is 0 Å². The van der Waals surface area contributed by atoms with Crippen LogP contribution in [0.15, 0.2) is 22.7 Å². The van der Waals surface area contributed by atoms with Crippen LogP contribution in [0.5, 0.6) is 11.5 Å². The molecule has 1 aliphatic heterocycles. The molecule has 27 heavy (non-hydrogen) atoms. The number of rotatable bonds is 6. The van der Waals surface area contributed by atoms with Crippen molar-refractivity contribution in [1.29, 1.82) is 0 Å². The van der Waals surface area contributed by atoms with Gasteiger partial charge in [0.15, 0.2) is 18.0 Å². The quantitative estimate of drug-likeness (QED) is 0.789. The molecule has 2 heterocycles. The number of methoxy groups -OCH3 is 2. The van der Waals surface area contributed by atoms with Crippen molar-refractivity contribution in [3.05, 3.63) is 24.1 Å². The van der Waals surface area contributed by atoms with Gasteiger partial charge in [-0.1, -0.05) is 5.16 Å². The molecule has 1 N–H and O–H groups in total. The van der Waals surface area contributed by atoms with Crippen molar-refractivity contribution in [1.82, 2.24) is 15.0 Å². The van der Waals surface area contributed by atoms with E-state index in [1.165, 1.54) is 4.90 Å². The Hall–Kier alpha value is -2.81. The van der Waals surface area contributed by atoms with Gasteiger partial charge in [-0.2, -0.15) is 4.98 Å². The minimum Gasteiger partial charge on any atom is -0.493 e. The van der Waals surface area contributed by atoms with Crippen LogP contribution in [-0.2, 0) is 11.3 Å². The van der Waals surface area contributed by atoms with Crippen molar-refractivity contribution in [2.75, 3.05) is 47.0 Å². The lowest BCUT2D eigenvalue weighted by Gasteiger charge is -2.30. The number of benzene rings is 1. The van der Waals surface area contributed by atoms with Gasteiger partial charge in [0.2, 0.25) is 5.82 Å². The zero-order chi connectivity index (χ0) is 19.2. The number of quaternary nitrogens is 1. The molecular formula is C18H25N4O5+. The third-order valence-corrected chi connectivity index (χ3v) is 4.51. The van der Waals surface area contributed by atoms with Crippen molar-refractivity contribution in [2.45, 2.75) is 13.5 Å². The van der Waals surface area contributed by atoms with E-state index in [0.29, 0.717) is 49.5 Å². The van der Waals surface area contributed by atoms with E-state index in [4.69, 9.17) is 18.7 Å². The summed E-state index contributed by atoms with van der Waals surface area (Å²) < 4.78 is 21.0. The van der Waals surface area contributed by atoms with Crippen molar-refractivity contribution >= 4 is 6.09 Å². The third-order valence-electron chi connectivity index (χ3n) is 4.51. The number of nitrogens with zero attached hydrogens (tertiary/aromatic N) is 3. The average molecular weight is 377 g/mol. The number of piperazine rings is 1. The number of carbonyl (C=O) groups is 1. The molecule has 1 fully saturated rings. The van der Waals surface area contributed by atoms with Gasteiger partial charge in [-0.25, -0.2) is 4.79 Å². The molecule has 1 aliphatic rings. The summed E-state index contributed by atoms with van der Waals surface area (Å²) in [5, 5.41) is 4.07. The molecule has 0 saturated carbocycles. The van der Waals surface area contributed by atoms with Gasteiger partial charge in [-0.3, -0.25) is 4.90 Å². The lowest BCUT2D eigenvalue weighted by atomic mass is 10.2. The molecule has 0 aliphatic carbocycles. The fraction of sp³-hybridized carbons (Fsp3) is 0.500. The number of hydrogen-bond donors (Lipinski definition) is 1. The molecule has 1 saturated heterocycles. The summed E-state index contributed by atoms with van der Waals surface area (Å²) in [6.45, 7) is 5.77. The Morgan fingerprint density at radius 2 is 1.96 bits per heavy atom. The molecule has 9 heteroatoms. The first-order chi connectivity index (χ1) is 13.1. The lowest BCUT2D eigenvalue weighted by molar-refractivity contribution is -0.919. The van der Waals surface area contributed by atoms with Gasteiger partial charge >= 0.3 is 6.09 Å². The van der Waals surface area contributed by atoms with Crippen LogP contribution in [0.1, 0.15) is 12.8 Å². The van der Waals surface area contributed by atoms with Crippen molar-refractivity contribution in [2.24, 2.45) is 0 Å². The molecule has 146 valence electrons. The zero-order valence-electron chi connectivity index (χ0n) is 15.9. The minimum atomic E-state index is -0.245. The molecule has 1 aromatic carbocycles. The van der Waals surface area contributed by atoms with Crippen LogP contribution in [0.2, 0.25) is 0 Å².